The van der Waals surface area contributed by atoms with Gasteiger partial charge in [-0.15, -0.1) is 23.5 Å². The van der Waals surface area contributed by atoms with Crippen molar-refractivity contribution in [2.75, 3.05) is 19.3 Å². The number of carbonyl (C=O) groups excluding carboxylic acids is 1. The number of hydrogen-bond donors (Lipinski definition) is 0. The van der Waals surface area contributed by atoms with Crippen molar-refractivity contribution >= 4 is 52.6 Å². The molecule has 1 aliphatic rings. The maximum atomic E-state index is 12.6. The van der Waals surface area contributed by atoms with Crippen LogP contribution in [0.15, 0.2) is 47.5 Å². The Morgan fingerprint density at radius 1 is 1.17 bits per heavy atom. The first-order valence-electron chi connectivity index (χ1n) is 9.90. The Morgan fingerprint density at radius 3 is 2.72 bits per heavy atom. The van der Waals surface area contributed by atoms with Crippen molar-refractivity contribution < 1.29 is 4.79 Å². The highest BCUT2D eigenvalue weighted by atomic mass is 35.5. The van der Waals surface area contributed by atoms with Crippen molar-refractivity contribution in [1.82, 2.24) is 9.88 Å². The normalized spacial score (nSPS) is 19.1. The zero-order valence-electron chi connectivity index (χ0n) is 16.5. The standard InChI is InChI=1S/C22H26Cl2N2OS2/c1-26(13-11-17-6-4-5-12-25-17)22(27)15-28-19-7-2-3-8-20(19)29-21-14-16(23)9-10-18(21)24/h4-6,9-10,12,14,19-20H,2-3,7-8,11,13,15H2,1H3/t19-,20-/m1/s1. The quantitative estimate of drug-likeness (QED) is 0.459. The Balaban J connectivity index is 1.50. The van der Waals surface area contributed by atoms with E-state index in [9.17, 15) is 4.79 Å². The SMILES string of the molecule is CN(CCc1ccccn1)C(=O)CS[C@@H]1CCCC[C@H]1Sc1cc(Cl)ccc1Cl. The van der Waals surface area contributed by atoms with Gasteiger partial charge in [-0.25, -0.2) is 0 Å². The minimum Gasteiger partial charge on any atom is -0.345 e. The monoisotopic (exact) mass is 468 g/mol. The van der Waals surface area contributed by atoms with Crippen LogP contribution >= 0.6 is 46.7 Å². The third-order valence-corrected chi connectivity index (χ3v) is 8.80. The van der Waals surface area contributed by atoms with Gasteiger partial charge in [0.2, 0.25) is 5.91 Å². The lowest BCUT2D eigenvalue weighted by Gasteiger charge is -2.31. The van der Waals surface area contributed by atoms with Crippen LogP contribution in [0.25, 0.3) is 0 Å². The maximum Gasteiger partial charge on any atom is 0.232 e. The van der Waals surface area contributed by atoms with E-state index in [0.29, 0.717) is 27.8 Å². The molecule has 0 unspecified atom stereocenters. The molecule has 1 saturated carbocycles. The molecule has 1 aromatic carbocycles. The summed E-state index contributed by atoms with van der Waals surface area (Å²) < 4.78 is 0. The van der Waals surface area contributed by atoms with Crippen LogP contribution in [0.4, 0.5) is 0 Å². The van der Waals surface area contributed by atoms with Crippen LogP contribution in [0.1, 0.15) is 31.4 Å². The lowest BCUT2D eigenvalue weighted by atomic mass is 10.00. The van der Waals surface area contributed by atoms with E-state index in [1.54, 1.807) is 18.0 Å². The number of carbonyl (C=O) groups is 1. The van der Waals surface area contributed by atoms with Crippen LogP contribution in [-0.2, 0) is 11.2 Å². The molecule has 29 heavy (non-hydrogen) atoms. The summed E-state index contributed by atoms with van der Waals surface area (Å²) in [7, 11) is 1.88. The summed E-state index contributed by atoms with van der Waals surface area (Å²) in [6.45, 7) is 0.692. The van der Waals surface area contributed by atoms with Crippen LogP contribution < -0.4 is 0 Å². The van der Waals surface area contributed by atoms with Crippen LogP contribution in [0.2, 0.25) is 10.0 Å². The van der Waals surface area contributed by atoms with Gasteiger partial charge in [-0.05, 0) is 43.2 Å². The summed E-state index contributed by atoms with van der Waals surface area (Å²) >= 11 is 16.1. The Kier molecular flexibility index (Phi) is 9.04. The molecule has 0 radical (unpaired) electrons. The smallest absolute Gasteiger partial charge is 0.232 e. The molecule has 0 spiro atoms. The van der Waals surface area contributed by atoms with E-state index in [4.69, 9.17) is 23.2 Å². The minimum absolute atomic E-state index is 0.182. The molecule has 3 rings (SSSR count). The van der Waals surface area contributed by atoms with Crippen LogP contribution in [0.3, 0.4) is 0 Å². The molecule has 1 heterocycles. The zero-order chi connectivity index (χ0) is 20.6. The fourth-order valence-electron chi connectivity index (χ4n) is 3.36. The fourth-order valence-corrected chi connectivity index (χ4v) is 6.79. The molecule has 1 aliphatic carbocycles. The van der Waals surface area contributed by atoms with E-state index in [2.05, 4.69) is 4.98 Å². The highest BCUT2D eigenvalue weighted by Gasteiger charge is 2.28. The molecule has 0 saturated heterocycles. The van der Waals surface area contributed by atoms with Crippen molar-refractivity contribution in [3.8, 4) is 0 Å². The van der Waals surface area contributed by atoms with Crippen molar-refractivity contribution in [3.63, 3.8) is 0 Å². The molecular weight excluding hydrogens is 443 g/mol. The third-order valence-electron chi connectivity index (χ3n) is 5.09. The number of hydrogen-bond acceptors (Lipinski definition) is 4. The molecule has 2 aromatic rings. The largest absolute Gasteiger partial charge is 0.345 e. The number of thioether (sulfide) groups is 2. The number of nitrogens with zero attached hydrogens (tertiary/aromatic N) is 2. The number of aromatic nitrogens is 1. The molecule has 0 bridgehead atoms. The topological polar surface area (TPSA) is 33.2 Å². The van der Waals surface area contributed by atoms with E-state index in [1.807, 2.05) is 60.1 Å². The van der Waals surface area contributed by atoms with Gasteiger partial charge in [0.1, 0.15) is 0 Å². The first-order valence-corrected chi connectivity index (χ1v) is 12.6. The summed E-state index contributed by atoms with van der Waals surface area (Å²) in [5.74, 6) is 0.699. The maximum absolute atomic E-state index is 12.6. The third kappa shape index (κ3) is 7.09. The summed E-state index contributed by atoms with van der Waals surface area (Å²) in [6, 6.07) is 11.5. The average Bonchev–Trinajstić information content (AvgIpc) is 2.74. The second kappa shape index (κ2) is 11.5. The highest BCUT2D eigenvalue weighted by molar-refractivity contribution is 8.04. The van der Waals surface area contributed by atoms with Gasteiger partial charge in [-0.2, -0.15) is 0 Å². The summed E-state index contributed by atoms with van der Waals surface area (Å²) in [6.07, 6.45) is 7.32. The molecule has 3 nitrogen and oxygen atoms in total. The van der Waals surface area contributed by atoms with Gasteiger partial charge < -0.3 is 4.90 Å². The zero-order valence-corrected chi connectivity index (χ0v) is 19.7. The van der Waals surface area contributed by atoms with E-state index in [-0.39, 0.29) is 5.91 Å². The predicted molar refractivity (Wildman–Crippen MR) is 126 cm³/mol. The van der Waals surface area contributed by atoms with Crippen molar-refractivity contribution in [2.24, 2.45) is 0 Å². The van der Waals surface area contributed by atoms with E-state index >= 15 is 0 Å². The molecule has 0 N–H and O–H groups in total. The average molecular weight is 470 g/mol. The number of likely N-dealkylation sites (N-methyl/N-ethyl adjacent to an activating group) is 1. The van der Waals surface area contributed by atoms with Gasteiger partial charge >= 0.3 is 0 Å². The number of benzene rings is 1. The first-order chi connectivity index (χ1) is 14.0. The Bertz CT molecular complexity index is 807. The van der Waals surface area contributed by atoms with Crippen LogP contribution in [0, 0.1) is 0 Å². The van der Waals surface area contributed by atoms with E-state index in [0.717, 1.165) is 34.9 Å². The lowest BCUT2D eigenvalue weighted by Crippen LogP contribution is -2.32. The number of amides is 1. The van der Waals surface area contributed by atoms with Gasteiger partial charge in [0, 0.05) is 52.3 Å². The second-order valence-electron chi connectivity index (χ2n) is 7.25. The lowest BCUT2D eigenvalue weighted by molar-refractivity contribution is -0.127. The fraction of sp³-hybridized carbons (Fsp3) is 0.455. The Labute approximate surface area is 191 Å². The van der Waals surface area contributed by atoms with E-state index in [1.165, 1.54) is 12.8 Å². The van der Waals surface area contributed by atoms with Gasteiger partial charge in [0.05, 0.1) is 10.8 Å². The van der Waals surface area contributed by atoms with Gasteiger partial charge in [-0.1, -0.05) is 42.1 Å². The summed E-state index contributed by atoms with van der Waals surface area (Å²) in [5, 5.41) is 2.37. The van der Waals surface area contributed by atoms with Gasteiger partial charge in [-0.3, -0.25) is 9.78 Å². The molecule has 156 valence electrons. The number of pyridine rings is 1. The highest BCUT2D eigenvalue weighted by Crippen LogP contribution is 2.42. The minimum atomic E-state index is 0.182. The van der Waals surface area contributed by atoms with Gasteiger partial charge in [0.15, 0.2) is 0 Å². The van der Waals surface area contributed by atoms with Crippen molar-refractivity contribution in [1.29, 1.82) is 0 Å². The summed E-state index contributed by atoms with van der Waals surface area (Å²) in [5.41, 5.74) is 1.02. The molecule has 1 fully saturated rings. The molecule has 1 aromatic heterocycles. The summed E-state index contributed by atoms with van der Waals surface area (Å²) in [4.78, 5) is 19.8. The Hall–Kier alpha value is -0.880. The van der Waals surface area contributed by atoms with Crippen LogP contribution in [-0.4, -0.2) is 45.6 Å². The van der Waals surface area contributed by atoms with Gasteiger partial charge in [0.25, 0.3) is 0 Å². The molecular formula is C22H26Cl2N2OS2. The van der Waals surface area contributed by atoms with Crippen molar-refractivity contribution in [3.05, 3.63) is 58.3 Å². The number of rotatable bonds is 8. The van der Waals surface area contributed by atoms with Crippen LogP contribution in [0.5, 0.6) is 0 Å². The first kappa shape index (κ1) is 22.8. The van der Waals surface area contributed by atoms with Crippen molar-refractivity contribution in [2.45, 2.75) is 47.5 Å². The molecule has 0 aliphatic heterocycles. The Morgan fingerprint density at radius 2 is 1.97 bits per heavy atom. The molecule has 1 amide bonds. The van der Waals surface area contributed by atoms with E-state index < -0.39 is 0 Å². The molecule has 7 heteroatoms. The molecule has 2 atom stereocenters. The second-order valence-corrected chi connectivity index (χ2v) is 10.6. The number of halogens is 2. The predicted octanol–water partition coefficient (Wildman–Crippen LogP) is 6.23.